The standard InChI is InChI=1S/C13H11N3O3/c17-16-11-3-4-14-13(6-11)15-10-1-2-12-9(5-10)7-18-8-19-12/h1-6H,7-8H2,(H,14,15). The molecule has 96 valence electrons. The van der Waals surface area contributed by atoms with Gasteiger partial charge in [0.2, 0.25) is 0 Å². The molecule has 1 aliphatic heterocycles. The first-order valence-corrected chi connectivity index (χ1v) is 5.75. The quantitative estimate of drug-likeness (QED) is 0.855. The van der Waals surface area contributed by atoms with E-state index in [0.29, 0.717) is 18.1 Å². The minimum atomic E-state index is 0.286. The monoisotopic (exact) mass is 257 g/mol. The Morgan fingerprint density at radius 1 is 1.26 bits per heavy atom. The molecule has 2 aromatic rings. The molecule has 0 saturated carbocycles. The van der Waals surface area contributed by atoms with E-state index in [1.54, 1.807) is 12.1 Å². The summed E-state index contributed by atoms with van der Waals surface area (Å²) in [6.07, 6.45) is 1.53. The van der Waals surface area contributed by atoms with Crippen molar-refractivity contribution in [3.8, 4) is 5.75 Å². The number of nitrogens with zero attached hydrogens (tertiary/aromatic N) is 2. The van der Waals surface area contributed by atoms with E-state index in [9.17, 15) is 4.91 Å². The van der Waals surface area contributed by atoms with E-state index in [1.165, 1.54) is 6.20 Å². The Balaban J connectivity index is 1.84. The van der Waals surface area contributed by atoms with Crippen molar-refractivity contribution in [2.45, 2.75) is 6.61 Å². The molecule has 1 aliphatic rings. The van der Waals surface area contributed by atoms with Crippen LogP contribution in [0.15, 0.2) is 41.7 Å². The van der Waals surface area contributed by atoms with Crippen molar-refractivity contribution in [3.05, 3.63) is 47.0 Å². The molecule has 0 radical (unpaired) electrons. The van der Waals surface area contributed by atoms with Crippen LogP contribution in [0, 0.1) is 4.91 Å². The van der Waals surface area contributed by atoms with Gasteiger partial charge in [0, 0.05) is 23.5 Å². The van der Waals surface area contributed by atoms with Gasteiger partial charge in [0.15, 0.2) is 6.79 Å². The van der Waals surface area contributed by atoms with Crippen LogP contribution in [0.25, 0.3) is 0 Å². The van der Waals surface area contributed by atoms with Gasteiger partial charge in [0.25, 0.3) is 0 Å². The Hall–Kier alpha value is -2.47. The van der Waals surface area contributed by atoms with Crippen molar-refractivity contribution < 1.29 is 9.47 Å². The van der Waals surface area contributed by atoms with Crippen LogP contribution in [-0.2, 0) is 11.3 Å². The highest BCUT2D eigenvalue weighted by Gasteiger charge is 2.11. The Morgan fingerprint density at radius 3 is 3.11 bits per heavy atom. The molecule has 0 spiro atoms. The van der Waals surface area contributed by atoms with E-state index in [4.69, 9.17) is 9.47 Å². The lowest BCUT2D eigenvalue weighted by Gasteiger charge is -2.18. The second-order valence-electron chi connectivity index (χ2n) is 4.05. The van der Waals surface area contributed by atoms with Gasteiger partial charge < -0.3 is 14.8 Å². The molecule has 3 rings (SSSR count). The molecule has 6 nitrogen and oxygen atoms in total. The summed E-state index contributed by atoms with van der Waals surface area (Å²) < 4.78 is 10.6. The molecule has 19 heavy (non-hydrogen) atoms. The smallest absolute Gasteiger partial charge is 0.189 e. The maximum atomic E-state index is 10.5. The summed E-state index contributed by atoms with van der Waals surface area (Å²) in [6, 6.07) is 8.82. The second-order valence-corrected chi connectivity index (χ2v) is 4.05. The molecule has 0 amide bonds. The van der Waals surface area contributed by atoms with Crippen molar-refractivity contribution >= 4 is 17.2 Å². The van der Waals surface area contributed by atoms with Gasteiger partial charge in [0.1, 0.15) is 17.3 Å². The van der Waals surface area contributed by atoms with Crippen LogP contribution < -0.4 is 10.1 Å². The first kappa shape index (κ1) is 11.6. The van der Waals surface area contributed by atoms with Crippen LogP contribution in [0.1, 0.15) is 5.56 Å². The first-order valence-electron chi connectivity index (χ1n) is 5.75. The number of pyridine rings is 1. The number of nitroso groups, excluding NO2 is 1. The van der Waals surface area contributed by atoms with Gasteiger partial charge in [-0.2, -0.15) is 0 Å². The van der Waals surface area contributed by atoms with Gasteiger partial charge in [-0.25, -0.2) is 4.98 Å². The van der Waals surface area contributed by atoms with E-state index >= 15 is 0 Å². The van der Waals surface area contributed by atoms with E-state index in [1.807, 2.05) is 18.2 Å². The molecular formula is C13H11N3O3. The average molecular weight is 257 g/mol. The van der Waals surface area contributed by atoms with Gasteiger partial charge >= 0.3 is 0 Å². The molecule has 0 bridgehead atoms. The topological polar surface area (TPSA) is 72.8 Å². The number of nitrogens with one attached hydrogen (secondary N) is 1. The first-order chi connectivity index (χ1) is 9.35. The number of fused-ring (bicyclic) bond motifs is 1. The highest BCUT2D eigenvalue weighted by atomic mass is 16.7. The lowest BCUT2D eigenvalue weighted by atomic mass is 10.2. The third-order valence-corrected chi connectivity index (χ3v) is 2.74. The fraction of sp³-hybridized carbons (Fsp3) is 0.154. The van der Waals surface area contributed by atoms with Crippen LogP contribution in [0.5, 0.6) is 5.75 Å². The third-order valence-electron chi connectivity index (χ3n) is 2.74. The molecule has 6 heteroatoms. The Labute approximate surface area is 109 Å². The predicted molar refractivity (Wildman–Crippen MR) is 69.7 cm³/mol. The van der Waals surface area contributed by atoms with Crippen molar-refractivity contribution in [1.29, 1.82) is 0 Å². The number of aromatic nitrogens is 1. The summed E-state index contributed by atoms with van der Waals surface area (Å²) in [7, 11) is 0. The molecule has 0 aliphatic carbocycles. The number of hydrogen-bond donors (Lipinski definition) is 1. The third kappa shape index (κ3) is 2.53. The zero-order chi connectivity index (χ0) is 13.1. The van der Waals surface area contributed by atoms with Gasteiger partial charge in [-0.15, -0.1) is 4.91 Å². The van der Waals surface area contributed by atoms with E-state index in [-0.39, 0.29) is 6.79 Å². The van der Waals surface area contributed by atoms with Crippen LogP contribution >= 0.6 is 0 Å². The molecule has 1 aromatic heterocycles. The predicted octanol–water partition coefficient (Wildman–Crippen LogP) is 3.09. The SMILES string of the molecule is O=Nc1ccnc(Nc2ccc3c(c2)COCO3)c1. The average Bonchev–Trinajstić information content (AvgIpc) is 2.47. The molecule has 1 N–H and O–H groups in total. The molecule has 0 saturated heterocycles. The van der Waals surface area contributed by atoms with Gasteiger partial charge in [-0.3, -0.25) is 0 Å². The molecule has 1 aromatic carbocycles. The highest BCUT2D eigenvalue weighted by molar-refractivity contribution is 5.61. The molecular weight excluding hydrogens is 246 g/mol. The normalized spacial score (nSPS) is 13.3. The van der Waals surface area contributed by atoms with Crippen molar-refractivity contribution in [1.82, 2.24) is 4.98 Å². The minimum absolute atomic E-state index is 0.286. The fourth-order valence-corrected chi connectivity index (χ4v) is 1.86. The highest BCUT2D eigenvalue weighted by Crippen LogP contribution is 2.28. The summed E-state index contributed by atoms with van der Waals surface area (Å²) in [4.78, 5) is 14.6. The van der Waals surface area contributed by atoms with Crippen molar-refractivity contribution in [3.63, 3.8) is 0 Å². The summed E-state index contributed by atoms with van der Waals surface area (Å²) in [5.74, 6) is 1.39. The van der Waals surface area contributed by atoms with E-state index in [0.717, 1.165) is 17.0 Å². The number of anilines is 2. The van der Waals surface area contributed by atoms with Gasteiger partial charge in [0.05, 0.1) is 6.61 Å². The lowest BCUT2D eigenvalue weighted by molar-refractivity contribution is -0.0163. The van der Waals surface area contributed by atoms with E-state index in [2.05, 4.69) is 15.5 Å². The van der Waals surface area contributed by atoms with Gasteiger partial charge in [-0.05, 0) is 29.4 Å². The summed E-state index contributed by atoms with van der Waals surface area (Å²) in [5.41, 5.74) is 2.16. The summed E-state index contributed by atoms with van der Waals surface area (Å²) in [5, 5.41) is 5.98. The fourth-order valence-electron chi connectivity index (χ4n) is 1.86. The van der Waals surface area contributed by atoms with Crippen molar-refractivity contribution in [2.75, 3.05) is 12.1 Å². The second kappa shape index (κ2) is 5.03. The maximum Gasteiger partial charge on any atom is 0.189 e. The Kier molecular flexibility index (Phi) is 3.07. The zero-order valence-electron chi connectivity index (χ0n) is 10.00. The number of hydrogen-bond acceptors (Lipinski definition) is 6. The molecule has 0 atom stereocenters. The Morgan fingerprint density at radius 2 is 2.21 bits per heavy atom. The minimum Gasteiger partial charge on any atom is -0.467 e. The van der Waals surface area contributed by atoms with Crippen LogP contribution in [0.2, 0.25) is 0 Å². The van der Waals surface area contributed by atoms with Crippen LogP contribution in [0.3, 0.4) is 0 Å². The Bertz CT molecular complexity index is 616. The molecule has 2 heterocycles. The zero-order valence-corrected chi connectivity index (χ0v) is 10.00. The summed E-state index contributed by atoms with van der Waals surface area (Å²) >= 11 is 0. The summed E-state index contributed by atoms with van der Waals surface area (Å²) in [6.45, 7) is 0.808. The van der Waals surface area contributed by atoms with E-state index < -0.39 is 0 Å². The largest absolute Gasteiger partial charge is 0.467 e. The number of ether oxygens (including phenoxy) is 2. The molecule has 0 fully saturated rings. The van der Waals surface area contributed by atoms with Crippen LogP contribution in [0.4, 0.5) is 17.2 Å². The number of benzene rings is 1. The van der Waals surface area contributed by atoms with Crippen molar-refractivity contribution in [2.24, 2.45) is 5.18 Å². The number of rotatable bonds is 3. The van der Waals surface area contributed by atoms with Gasteiger partial charge in [-0.1, -0.05) is 0 Å². The lowest BCUT2D eigenvalue weighted by Crippen LogP contribution is -2.11. The molecule has 0 unspecified atom stereocenters. The maximum absolute atomic E-state index is 10.5. The van der Waals surface area contributed by atoms with Crippen LogP contribution in [-0.4, -0.2) is 11.8 Å².